The van der Waals surface area contributed by atoms with Crippen molar-refractivity contribution < 1.29 is 9.32 Å². The van der Waals surface area contributed by atoms with Gasteiger partial charge < -0.3 is 9.84 Å². The van der Waals surface area contributed by atoms with E-state index in [2.05, 4.69) is 15.4 Å². The maximum absolute atomic E-state index is 12.8. The molecule has 1 saturated heterocycles. The minimum atomic E-state index is -0.279. The highest BCUT2D eigenvalue weighted by atomic mass is 16.5. The molecular weight excluding hydrogens is 278 g/mol. The Bertz CT molecular complexity index is 618. The average molecular weight is 299 g/mol. The summed E-state index contributed by atoms with van der Waals surface area (Å²) in [6.45, 7) is 3.71. The summed E-state index contributed by atoms with van der Waals surface area (Å²) in [4.78, 5) is 15.0. The lowest BCUT2D eigenvalue weighted by Crippen LogP contribution is -2.40. The Morgan fingerprint density at radius 2 is 1.95 bits per heavy atom. The van der Waals surface area contributed by atoms with E-state index in [1.54, 1.807) is 6.07 Å². The van der Waals surface area contributed by atoms with Crippen LogP contribution in [0.25, 0.3) is 0 Å². The maximum Gasteiger partial charge on any atom is 0.247 e. The second-order valence-electron chi connectivity index (χ2n) is 5.72. The summed E-state index contributed by atoms with van der Waals surface area (Å²) >= 11 is 0. The van der Waals surface area contributed by atoms with E-state index in [4.69, 9.17) is 4.52 Å². The molecule has 2 aromatic rings. The first-order chi connectivity index (χ1) is 10.7. The van der Waals surface area contributed by atoms with Crippen molar-refractivity contribution >= 4 is 11.7 Å². The van der Waals surface area contributed by atoms with E-state index in [0.29, 0.717) is 11.6 Å². The molecule has 1 atom stereocenters. The van der Waals surface area contributed by atoms with Crippen LogP contribution in [-0.2, 0) is 4.79 Å². The first-order valence-corrected chi connectivity index (χ1v) is 7.77. The van der Waals surface area contributed by atoms with Crippen LogP contribution in [-0.4, -0.2) is 29.1 Å². The first-order valence-electron chi connectivity index (χ1n) is 7.77. The average Bonchev–Trinajstić information content (AvgIpc) is 2.95. The van der Waals surface area contributed by atoms with Gasteiger partial charge in [0, 0.05) is 6.07 Å². The SMILES string of the molecule is Cc1cc(NC(=O)C(c2ccccc2)N2CCCCC2)no1. The van der Waals surface area contributed by atoms with Gasteiger partial charge in [-0.2, -0.15) is 0 Å². The Hall–Kier alpha value is -2.14. The number of carbonyl (C=O) groups is 1. The second-order valence-corrected chi connectivity index (χ2v) is 5.72. The molecule has 1 amide bonds. The first kappa shape index (κ1) is 14.8. The topological polar surface area (TPSA) is 58.4 Å². The highest BCUT2D eigenvalue weighted by Gasteiger charge is 2.29. The number of likely N-dealkylation sites (tertiary alicyclic amines) is 1. The molecule has 1 N–H and O–H groups in total. The van der Waals surface area contributed by atoms with Gasteiger partial charge in [0.2, 0.25) is 5.91 Å². The monoisotopic (exact) mass is 299 g/mol. The summed E-state index contributed by atoms with van der Waals surface area (Å²) < 4.78 is 5.02. The second kappa shape index (κ2) is 6.75. The number of benzene rings is 1. The number of rotatable bonds is 4. The minimum Gasteiger partial charge on any atom is -0.360 e. The third kappa shape index (κ3) is 3.36. The van der Waals surface area contributed by atoms with Crippen LogP contribution in [0, 0.1) is 6.92 Å². The molecule has 3 rings (SSSR count). The Kier molecular flexibility index (Phi) is 4.53. The summed E-state index contributed by atoms with van der Waals surface area (Å²) in [6.07, 6.45) is 3.52. The normalized spacial score (nSPS) is 17.1. The Morgan fingerprint density at radius 3 is 2.59 bits per heavy atom. The summed E-state index contributed by atoms with van der Waals surface area (Å²) in [6, 6.07) is 11.4. The number of aromatic nitrogens is 1. The molecule has 1 aromatic carbocycles. The van der Waals surface area contributed by atoms with Gasteiger partial charge >= 0.3 is 0 Å². The molecule has 116 valence electrons. The van der Waals surface area contributed by atoms with Gasteiger partial charge in [-0.25, -0.2) is 0 Å². The van der Waals surface area contributed by atoms with Gasteiger partial charge in [0.15, 0.2) is 5.82 Å². The zero-order valence-corrected chi connectivity index (χ0v) is 12.8. The van der Waals surface area contributed by atoms with Crippen molar-refractivity contribution in [1.82, 2.24) is 10.1 Å². The van der Waals surface area contributed by atoms with E-state index in [9.17, 15) is 4.79 Å². The maximum atomic E-state index is 12.8. The number of nitrogens with one attached hydrogen (secondary N) is 1. The fraction of sp³-hybridized carbons (Fsp3) is 0.412. The van der Waals surface area contributed by atoms with Crippen LogP contribution in [0.2, 0.25) is 0 Å². The van der Waals surface area contributed by atoms with Crippen molar-refractivity contribution in [1.29, 1.82) is 0 Å². The number of nitrogens with zero attached hydrogens (tertiary/aromatic N) is 2. The van der Waals surface area contributed by atoms with Gasteiger partial charge in [-0.1, -0.05) is 41.9 Å². The van der Waals surface area contributed by atoms with Crippen molar-refractivity contribution in [3.05, 3.63) is 47.7 Å². The molecule has 5 nitrogen and oxygen atoms in total. The van der Waals surface area contributed by atoms with Gasteiger partial charge in [-0.15, -0.1) is 0 Å². The summed E-state index contributed by atoms with van der Waals surface area (Å²) in [5.74, 6) is 1.10. The minimum absolute atomic E-state index is 0.0543. The molecule has 1 aromatic heterocycles. The summed E-state index contributed by atoms with van der Waals surface area (Å²) in [5, 5.41) is 6.72. The fourth-order valence-corrected chi connectivity index (χ4v) is 2.96. The number of hydrogen-bond donors (Lipinski definition) is 1. The quantitative estimate of drug-likeness (QED) is 0.942. The van der Waals surface area contributed by atoms with E-state index in [1.807, 2.05) is 37.3 Å². The van der Waals surface area contributed by atoms with Gasteiger partial charge in [-0.05, 0) is 38.4 Å². The molecule has 0 aliphatic carbocycles. The molecule has 1 fully saturated rings. The third-order valence-corrected chi connectivity index (χ3v) is 4.00. The van der Waals surface area contributed by atoms with E-state index in [0.717, 1.165) is 31.5 Å². The molecule has 0 saturated carbocycles. The molecule has 1 aliphatic rings. The van der Waals surface area contributed by atoms with Crippen LogP contribution in [0.5, 0.6) is 0 Å². The predicted molar refractivity (Wildman–Crippen MR) is 84.5 cm³/mol. The van der Waals surface area contributed by atoms with Crippen LogP contribution < -0.4 is 5.32 Å². The Balaban J connectivity index is 1.82. The van der Waals surface area contributed by atoms with E-state index in [1.165, 1.54) is 6.42 Å². The van der Waals surface area contributed by atoms with Crippen molar-refractivity contribution in [2.75, 3.05) is 18.4 Å². The molecule has 1 unspecified atom stereocenters. The highest BCUT2D eigenvalue weighted by molar-refractivity contribution is 5.94. The van der Waals surface area contributed by atoms with Crippen molar-refractivity contribution in [2.45, 2.75) is 32.2 Å². The lowest BCUT2D eigenvalue weighted by Gasteiger charge is -2.33. The number of anilines is 1. The van der Waals surface area contributed by atoms with Crippen LogP contribution in [0.3, 0.4) is 0 Å². The number of piperidine rings is 1. The molecule has 1 aliphatic heterocycles. The molecule has 22 heavy (non-hydrogen) atoms. The van der Waals surface area contributed by atoms with Crippen LogP contribution in [0.1, 0.15) is 36.6 Å². The molecule has 5 heteroatoms. The molecule has 2 heterocycles. The lowest BCUT2D eigenvalue weighted by molar-refractivity contribution is -0.122. The predicted octanol–water partition coefficient (Wildman–Crippen LogP) is 3.15. The molecule has 0 bridgehead atoms. The van der Waals surface area contributed by atoms with Crippen LogP contribution in [0.15, 0.2) is 40.9 Å². The smallest absolute Gasteiger partial charge is 0.247 e. The summed E-state index contributed by atoms with van der Waals surface area (Å²) in [5.41, 5.74) is 1.02. The molecular formula is C17H21N3O2. The number of amides is 1. The lowest BCUT2D eigenvalue weighted by atomic mass is 10.0. The Labute approximate surface area is 130 Å². The fourth-order valence-electron chi connectivity index (χ4n) is 2.96. The number of aryl methyl sites for hydroxylation is 1. The molecule has 0 radical (unpaired) electrons. The van der Waals surface area contributed by atoms with E-state index < -0.39 is 0 Å². The van der Waals surface area contributed by atoms with E-state index >= 15 is 0 Å². The third-order valence-electron chi connectivity index (χ3n) is 4.00. The van der Waals surface area contributed by atoms with Gasteiger partial charge in [0.25, 0.3) is 0 Å². The van der Waals surface area contributed by atoms with Crippen LogP contribution in [0.4, 0.5) is 5.82 Å². The Morgan fingerprint density at radius 1 is 1.23 bits per heavy atom. The number of hydrogen-bond acceptors (Lipinski definition) is 4. The standard InChI is InChI=1S/C17H21N3O2/c1-13-12-15(19-22-13)18-17(21)16(14-8-4-2-5-9-14)20-10-6-3-7-11-20/h2,4-5,8-9,12,16H,3,6-7,10-11H2,1H3,(H,18,19,21). The molecule has 0 spiro atoms. The highest BCUT2D eigenvalue weighted by Crippen LogP contribution is 2.26. The van der Waals surface area contributed by atoms with Crippen molar-refractivity contribution in [3.8, 4) is 0 Å². The number of carbonyl (C=O) groups excluding carboxylic acids is 1. The largest absolute Gasteiger partial charge is 0.360 e. The summed E-state index contributed by atoms with van der Waals surface area (Å²) in [7, 11) is 0. The van der Waals surface area contributed by atoms with Crippen molar-refractivity contribution in [3.63, 3.8) is 0 Å². The van der Waals surface area contributed by atoms with E-state index in [-0.39, 0.29) is 11.9 Å². The zero-order valence-electron chi connectivity index (χ0n) is 12.8. The van der Waals surface area contributed by atoms with Gasteiger partial charge in [-0.3, -0.25) is 9.69 Å². The van der Waals surface area contributed by atoms with Crippen molar-refractivity contribution in [2.24, 2.45) is 0 Å². The zero-order chi connectivity index (χ0) is 15.4. The van der Waals surface area contributed by atoms with Crippen LogP contribution >= 0.6 is 0 Å². The van der Waals surface area contributed by atoms with Gasteiger partial charge in [0.1, 0.15) is 11.8 Å². The van der Waals surface area contributed by atoms with Gasteiger partial charge in [0.05, 0.1) is 0 Å².